The summed E-state index contributed by atoms with van der Waals surface area (Å²) >= 11 is 11.2. The lowest BCUT2D eigenvalue weighted by molar-refractivity contribution is -0.140. The number of anilines is 1. The highest BCUT2D eigenvalue weighted by Gasteiger charge is 2.12. The first-order valence-electron chi connectivity index (χ1n) is 4.53. The monoisotopic (exact) mass is 265 g/mol. The van der Waals surface area contributed by atoms with E-state index >= 15 is 0 Å². The van der Waals surface area contributed by atoms with Crippen LogP contribution in [-0.4, -0.2) is 17.6 Å². The van der Waals surface area contributed by atoms with Gasteiger partial charge in [0.2, 0.25) is 0 Å². The maximum atomic E-state index is 13.1. The fourth-order valence-electron chi connectivity index (χ4n) is 1.02. The van der Waals surface area contributed by atoms with Crippen LogP contribution in [0, 0.1) is 11.7 Å². The Hall–Kier alpha value is -1.00. The minimum Gasteiger partial charge on any atom is -0.481 e. The van der Waals surface area contributed by atoms with Crippen LogP contribution in [0.25, 0.3) is 0 Å². The number of rotatable bonds is 4. The summed E-state index contributed by atoms with van der Waals surface area (Å²) in [5, 5.41) is 11.3. The molecule has 0 saturated carbocycles. The lowest BCUT2D eigenvalue weighted by Gasteiger charge is -2.10. The van der Waals surface area contributed by atoms with Crippen molar-refractivity contribution in [2.24, 2.45) is 5.92 Å². The van der Waals surface area contributed by atoms with Gasteiger partial charge < -0.3 is 10.4 Å². The normalized spacial score (nSPS) is 12.2. The third-order valence-electron chi connectivity index (χ3n) is 2.02. The zero-order chi connectivity index (χ0) is 12.3. The number of aliphatic carboxylic acids is 1. The third-order valence-corrected chi connectivity index (χ3v) is 2.57. The van der Waals surface area contributed by atoms with Gasteiger partial charge in [-0.2, -0.15) is 0 Å². The summed E-state index contributed by atoms with van der Waals surface area (Å²) in [6.45, 7) is 1.77. The minimum absolute atomic E-state index is 0.0991. The number of carboxylic acid groups (broad SMARTS) is 1. The van der Waals surface area contributed by atoms with Crippen LogP contribution in [0.2, 0.25) is 10.0 Å². The number of carboxylic acids is 1. The van der Waals surface area contributed by atoms with Gasteiger partial charge in [-0.05, 0) is 12.1 Å². The summed E-state index contributed by atoms with van der Waals surface area (Å²) in [6, 6.07) is 2.72. The van der Waals surface area contributed by atoms with Crippen molar-refractivity contribution in [1.29, 1.82) is 0 Å². The van der Waals surface area contributed by atoms with Crippen molar-refractivity contribution in [3.05, 3.63) is 28.0 Å². The van der Waals surface area contributed by atoms with Gasteiger partial charge in [0.05, 0.1) is 16.0 Å². The summed E-state index contributed by atoms with van der Waals surface area (Å²) in [4.78, 5) is 10.6. The van der Waals surface area contributed by atoms with Crippen LogP contribution in [-0.2, 0) is 4.79 Å². The van der Waals surface area contributed by atoms with E-state index in [1.54, 1.807) is 6.92 Å². The van der Waals surface area contributed by atoms with Gasteiger partial charge in [-0.25, -0.2) is 4.39 Å². The van der Waals surface area contributed by atoms with E-state index in [1.165, 1.54) is 12.1 Å². The fourth-order valence-corrected chi connectivity index (χ4v) is 1.50. The van der Waals surface area contributed by atoms with Crippen LogP contribution in [0.1, 0.15) is 6.92 Å². The average Bonchev–Trinajstić information content (AvgIpc) is 2.22. The molecule has 0 aliphatic carbocycles. The van der Waals surface area contributed by atoms with Gasteiger partial charge in [0.1, 0.15) is 0 Å². The first kappa shape index (κ1) is 13.1. The molecule has 0 heterocycles. The average molecular weight is 266 g/mol. The zero-order valence-electron chi connectivity index (χ0n) is 8.43. The Balaban J connectivity index is 2.72. The van der Waals surface area contributed by atoms with E-state index in [1.807, 2.05) is 0 Å². The summed E-state index contributed by atoms with van der Waals surface area (Å²) < 4.78 is 13.1. The van der Waals surface area contributed by atoms with E-state index in [0.717, 1.165) is 0 Å². The molecule has 2 N–H and O–H groups in total. The second-order valence-electron chi connectivity index (χ2n) is 3.37. The highest BCUT2D eigenvalue weighted by atomic mass is 35.5. The summed E-state index contributed by atoms with van der Waals surface area (Å²) in [5.74, 6) is -2.14. The van der Waals surface area contributed by atoms with Gasteiger partial charge in [-0.3, -0.25) is 4.79 Å². The van der Waals surface area contributed by atoms with E-state index in [4.69, 9.17) is 28.3 Å². The molecule has 0 radical (unpaired) electrons. The molecule has 16 heavy (non-hydrogen) atoms. The SMILES string of the molecule is CC(CNc1cc(Cl)c(F)c(Cl)c1)C(=O)O. The first-order valence-corrected chi connectivity index (χ1v) is 5.28. The lowest BCUT2D eigenvalue weighted by atomic mass is 10.2. The molecule has 1 aromatic carbocycles. The Bertz CT molecular complexity index is 389. The summed E-state index contributed by atoms with van der Waals surface area (Å²) in [5.41, 5.74) is 0.490. The van der Waals surface area contributed by atoms with Crippen LogP contribution >= 0.6 is 23.2 Å². The Kier molecular flexibility index (Phi) is 4.38. The maximum absolute atomic E-state index is 13.1. The molecule has 0 amide bonds. The molecule has 1 atom stereocenters. The number of nitrogens with one attached hydrogen (secondary N) is 1. The van der Waals surface area contributed by atoms with Crippen molar-refractivity contribution in [2.75, 3.05) is 11.9 Å². The van der Waals surface area contributed by atoms with Crippen molar-refractivity contribution in [1.82, 2.24) is 0 Å². The van der Waals surface area contributed by atoms with Gasteiger partial charge in [0.15, 0.2) is 5.82 Å². The van der Waals surface area contributed by atoms with Gasteiger partial charge in [0, 0.05) is 12.2 Å². The van der Waals surface area contributed by atoms with Crippen molar-refractivity contribution < 1.29 is 14.3 Å². The third kappa shape index (κ3) is 3.25. The summed E-state index contributed by atoms with van der Waals surface area (Å²) in [7, 11) is 0. The van der Waals surface area contributed by atoms with Crippen LogP contribution in [0.3, 0.4) is 0 Å². The smallest absolute Gasteiger partial charge is 0.308 e. The standard InChI is InChI=1S/C10H10Cl2FNO2/c1-5(10(15)16)4-14-6-2-7(11)9(13)8(12)3-6/h2-3,5,14H,4H2,1H3,(H,15,16). The summed E-state index contributed by atoms with van der Waals surface area (Å²) in [6.07, 6.45) is 0. The predicted molar refractivity (Wildman–Crippen MR) is 61.7 cm³/mol. The van der Waals surface area contributed by atoms with Gasteiger partial charge in [-0.1, -0.05) is 30.1 Å². The lowest BCUT2D eigenvalue weighted by Crippen LogP contribution is -2.19. The fraction of sp³-hybridized carbons (Fsp3) is 0.300. The van der Waals surface area contributed by atoms with Crippen molar-refractivity contribution in [3.8, 4) is 0 Å². The molecule has 3 nitrogen and oxygen atoms in total. The van der Waals surface area contributed by atoms with Crippen molar-refractivity contribution >= 4 is 34.9 Å². The van der Waals surface area contributed by atoms with Crippen LogP contribution in [0.15, 0.2) is 12.1 Å². The van der Waals surface area contributed by atoms with Crippen LogP contribution in [0.5, 0.6) is 0 Å². The maximum Gasteiger partial charge on any atom is 0.308 e. The first-order chi connectivity index (χ1) is 7.41. The number of hydrogen-bond donors (Lipinski definition) is 2. The van der Waals surface area contributed by atoms with Crippen LogP contribution < -0.4 is 5.32 Å². The van der Waals surface area contributed by atoms with Crippen molar-refractivity contribution in [3.63, 3.8) is 0 Å². The predicted octanol–water partition coefficient (Wildman–Crippen LogP) is 3.27. The number of benzene rings is 1. The highest BCUT2D eigenvalue weighted by Crippen LogP contribution is 2.27. The molecular weight excluding hydrogens is 256 g/mol. The molecule has 0 fully saturated rings. The highest BCUT2D eigenvalue weighted by molar-refractivity contribution is 6.35. The Morgan fingerprint density at radius 2 is 2.00 bits per heavy atom. The molecule has 0 spiro atoms. The minimum atomic E-state index is -0.910. The molecule has 0 aliphatic rings. The zero-order valence-corrected chi connectivity index (χ0v) is 9.94. The molecule has 6 heteroatoms. The van der Waals surface area contributed by atoms with E-state index in [0.29, 0.717) is 5.69 Å². The van der Waals surface area contributed by atoms with E-state index in [-0.39, 0.29) is 16.6 Å². The topological polar surface area (TPSA) is 49.3 Å². The number of hydrogen-bond acceptors (Lipinski definition) is 2. The molecule has 0 aromatic heterocycles. The molecule has 0 saturated heterocycles. The molecule has 1 unspecified atom stereocenters. The van der Waals surface area contributed by atoms with Crippen molar-refractivity contribution in [2.45, 2.75) is 6.92 Å². The van der Waals surface area contributed by atoms with Gasteiger partial charge >= 0.3 is 5.97 Å². The molecule has 0 aliphatic heterocycles. The number of halogens is 3. The largest absolute Gasteiger partial charge is 0.481 e. The van der Waals surface area contributed by atoms with Crippen LogP contribution in [0.4, 0.5) is 10.1 Å². The van der Waals surface area contributed by atoms with Gasteiger partial charge in [0.25, 0.3) is 0 Å². The molecule has 88 valence electrons. The Morgan fingerprint density at radius 3 is 2.44 bits per heavy atom. The second kappa shape index (κ2) is 5.37. The molecule has 0 bridgehead atoms. The molecular formula is C10H10Cl2FNO2. The molecule has 1 aromatic rings. The quantitative estimate of drug-likeness (QED) is 0.822. The Labute approximate surface area is 102 Å². The van der Waals surface area contributed by atoms with E-state index in [2.05, 4.69) is 5.32 Å². The molecule has 1 rings (SSSR count). The second-order valence-corrected chi connectivity index (χ2v) is 4.19. The number of carbonyl (C=O) groups is 1. The van der Waals surface area contributed by atoms with E-state index in [9.17, 15) is 9.18 Å². The van der Waals surface area contributed by atoms with E-state index < -0.39 is 17.7 Å². The Morgan fingerprint density at radius 1 is 1.50 bits per heavy atom. The van der Waals surface area contributed by atoms with Gasteiger partial charge in [-0.15, -0.1) is 0 Å².